The van der Waals surface area contributed by atoms with E-state index >= 15 is 0 Å². The van der Waals surface area contributed by atoms with Crippen LogP contribution in [-0.2, 0) is 0 Å². The highest BCUT2D eigenvalue weighted by atomic mass is 79.9. The molecule has 140 valence electrons. The Bertz CT molecular complexity index is 1330. The van der Waals surface area contributed by atoms with E-state index < -0.39 is 0 Å². The highest BCUT2D eigenvalue weighted by Gasteiger charge is 2.12. The topological polar surface area (TPSA) is 35.0 Å². The summed E-state index contributed by atoms with van der Waals surface area (Å²) < 4.78 is 6.35. The van der Waals surface area contributed by atoms with Crippen molar-refractivity contribution < 1.29 is 4.74 Å². The van der Waals surface area contributed by atoms with Gasteiger partial charge in [0.2, 0.25) is 0 Å². The second kappa shape index (κ2) is 7.30. The molecule has 5 rings (SSSR count). The van der Waals surface area contributed by atoms with Gasteiger partial charge in [-0.15, -0.1) is 0 Å². The lowest BCUT2D eigenvalue weighted by atomic mass is 9.96. The van der Waals surface area contributed by atoms with Crippen LogP contribution >= 0.6 is 15.9 Å². The average Bonchev–Trinajstić information content (AvgIpc) is 2.79. The molecule has 3 aromatic carbocycles. The molecule has 0 atom stereocenters. The number of halogens is 1. The Labute approximate surface area is 177 Å². The van der Waals surface area contributed by atoms with Crippen LogP contribution in [0.5, 0.6) is 5.75 Å². The number of nitrogens with zero attached hydrogens (tertiary/aromatic N) is 2. The number of benzene rings is 3. The fourth-order valence-electron chi connectivity index (χ4n) is 3.73. The van der Waals surface area contributed by atoms with E-state index in [9.17, 15) is 0 Å². The number of aromatic nitrogens is 2. The number of hydrogen-bond donors (Lipinski definition) is 0. The van der Waals surface area contributed by atoms with Gasteiger partial charge in [0.25, 0.3) is 0 Å². The SMILES string of the molecule is COc1ccc(-c2ccnc3c2ccc2c(-c4ccc(Br)cc4)ccnc23)cc1. The summed E-state index contributed by atoms with van der Waals surface area (Å²) in [6.07, 6.45) is 3.72. The van der Waals surface area contributed by atoms with Crippen molar-refractivity contribution in [2.24, 2.45) is 0 Å². The molecule has 0 saturated carbocycles. The summed E-state index contributed by atoms with van der Waals surface area (Å²) in [5.41, 5.74) is 6.40. The smallest absolute Gasteiger partial charge is 0.118 e. The van der Waals surface area contributed by atoms with Crippen molar-refractivity contribution in [3.05, 3.63) is 89.7 Å². The highest BCUT2D eigenvalue weighted by Crippen LogP contribution is 2.35. The highest BCUT2D eigenvalue weighted by molar-refractivity contribution is 9.10. The van der Waals surface area contributed by atoms with E-state index in [0.717, 1.165) is 54.3 Å². The quantitative estimate of drug-likeness (QED) is 0.286. The maximum Gasteiger partial charge on any atom is 0.118 e. The van der Waals surface area contributed by atoms with Crippen LogP contribution in [0.25, 0.3) is 44.1 Å². The number of pyridine rings is 2. The molecule has 0 amide bonds. The lowest BCUT2D eigenvalue weighted by molar-refractivity contribution is 0.415. The fraction of sp³-hybridized carbons (Fsp3) is 0.0400. The molecule has 2 aromatic heterocycles. The second-order valence-electron chi connectivity index (χ2n) is 6.81. The molecular formula is C25H17BrN2O. The van der Waals surface area contributed by atoms with Crippen molar-refractivity contribution in [1.29, 1.82) is 0 Å². The van der Waals surface area contributed by atoms with Gasteiger partial charge < -0.3 is 4.74 Å². The van der Waals surface area contributed by atoms with Gasteiger partial charge in [-0.2, -0.15) is 0 Å². The van der Waals surface area contributed by atoms with Crippen molar-refractivity contribution in [2.75, 3.05) is 7.11 Å². The van der Waals surface area contributed by atoms with Crippen LogP contribution in [0.15, 0.2) is 89.7 Å². The Morgan fingerprint density at radius 3 is 1.59 bits per heavy atom. The summed E-state index contributed by atoms with van der Waals surface area (Å²) in [7, 11) is 1.68. The van der Waals surface area contributed by atoms with Crippen LogP contribution in [0.4, 0.5) is 0 Å². The van der Waals surface area contributed by atoms with Crippen LogP contribution in [-0.4, -0.2) is 17.1 Å². The number of hydrogen-bond acceptors (Lipinski definition) is 3. The van der Waals surface area contributed by atoms with E-state index in [4.69, 9.17) is 4.74 Å². The molecular weight excluding hydrogens is 424 g/mol. The average molecular weight is 441 g/mol. The van der Waals surface area contributed by atoms with E-state index in [1.54, 1.807) is 7.11 Å². The lowest BCUT2D eigenvalue weighted by Crippen LogP contribution is -1.90. The Hall–Kier alpha value is -3.24. The Balaban J connectivity index is 1.73. The predicted molar refractivity (Wildman–Crippen MR) is 122 cm³/mol. The number of methoxy groups -OCH3 is 1. The molecule has 0 N–H and O–H groups in total. The molecule has 3 nitrogen and oxygen atoms in total. The van der Waals surface area contributed by atoms with Gasteiger partial charge in [0, 0.05) is 27.6 Å². The van der Waals surface area contributed by atoms with Gasteiger partial charge in [-0.25, -0.2) is 0 Å². The molecule has 0 fully saturated rings. The minimum Gasteiger partial charge on any atom is -0.497 e. The molecule has 0 spiro atoms. The van der Waals surface area contributed by atoms with E-state index in [1.807, 2.05) is 24.5 Å². The monoisotopic (exact) mass is 440 g/mol. The Morgan fingerprint density at radius 1 is 0.621 bits per heavy atom. The van der Waals surface area contributed by atoms with Crippen molar-refractivity contribution >= 4 is 37.7 Å². The summed E-state index contributed by atoms with van der Waals surface area (Å²) in [4.78, 5) is 9.37. The van der Waals surface area contributed by atoms with Crippen LogP contribution in [0.2, 0.25) is 0 Å². The molecule has 0 aliphatic carbocycles. The third-order valence-corrected chi connectivity index (χ3v) is 5.71. The second-order valence-corrected chi connectivity index (χ2v) is 7.73. The summed E-state index contributed by atoms with van der Waals surface area (Å²) in [6.45, 7) is 0. The van der Waals surface area contributed by atoms with E-state index in [1.165, 1.54) is 0 Å². The first-order valence-electron chi connectivity index (χ1n) is 9.31. The lowest BCUT2D eigenvalue weighted by Gasteiger charge is -2.11. The van der Waals surface area contributed by atoms with Gasteiger partial charge in [0.15, 0.2) is 0 Å². The number of fused-ring (bicyclic) bond motifs is 3. The predicted octanol–water partition coefficient (Wildman–Crippen LogP) is 6.89. The molecule has 0 aliphatic rings. The first-order valence-corrected chi connectivity index (χ1v) is 10.1. The molecule has 29 heavy (non-hydrogen) atoms. The van der Waals surface area contributed by atoms with Crippen molar-refractivity contribution in [3.8, 4) is 28.0 Å². The van der Waals surface area contributed by atoms with E-state index in [2.05, 4.69) is 86.6 Å². The molecule has 0 aliphatic heterocycles. The largest absolute Gasteiger partial charge is 0.497 e. The summed E-state index contributed by atoms with van der Waals surface area (Å²) in [6, 6.07) is 24.9. The minimum absolute atomic E-state index is 0.846. The van der Waals surface area contributed by atoms with Crippen LogP contribution in [0.3, 0.4) is 0 Å². The molecule has 2 heterocycles. The first kappa shape index (κ1) is 17.8. The number of ether oxygens (including phenoxy) is 1. The van der Waals surface area contributed by atoms with Gasteiger partial charge in [-0.05, 0) is 58.7 Å². The van der Waals surface area contributed by atoms with Gasteiger partial charge in [-0.3, -0.25) is 9.97 Å². The third kappa shape index (κ3) is 3.15. The maximum absolute atomic E-state index is 5.29. The normalized spacial score (nSPS) is 11.1. The van der Waals surface area contributed by atoms with E-state index in [-0.39, 0.29) is 0 Å². The molecule has 0 unspecified atom stereocenters. The van der Waals surface area contributed by atoms with E-state index in [0.29, 0.717) is 0 Å². The zero-order chi connectivity index (χ0) is 19.8. The van der Waals surface area contributed by atoms with Crippen molar-refractivity contribution in [1.82, 2.24) is 9.97 Å². The van der Waals surface area contributed by atoms with Crippen molar-refractivity contribution in [3.63, 3.8) is 0 Å². The van der Waals surface area contributed by atoms with Gasteiger partial charge in [-0.1, -0.05) is 52.3 Å². The number of rotatable bonds is 3. The zero-order valence-electron chi connectivity index (χ0n) is 15.8. The summed E-state index contributed by atoms with van der Waals surface area (Å²) in [5.74, 6) is 0.846. The van der Waals surface area contributed by atoms with Crippen molar-refractivity contribution in [2.45, 2.75) is 0 Å². The van der Waals surface area contributed by atoms with Gasteiger partial charge in [0.1, 0.15) is 5.75 Å². The van der Waals surface area contributed by atoms with Gasteiger partial charge >= 0.3 is 0 Å². The summed E-state index contributed by atoms with van der Waals surface area (Å²) in [5, 5.41) is 2.19. The van der Waals surface area contributed by atoms with Crippen LogP contribution in [0, 0.1) is 0 Å². The molecule has 5 aromatic rings. The van der Waals surface area contributed by atoms with Gasteiger partial charge in [0.05, 0.1) is 18.1 Å². The first-order chi connectivity index (χ1) is 14.2. The molecule has 0 saturated heterocycles. The third-order valence-electron chi connectivity index (χ3n) is 5.18. The Morgan fingerprint density at radius 2 is 1.10 bits per heavy atom. The van der Waals surface area contributed by atoms with Crippen LogP contribution in [0.1, 0.15) is 0 Å². The summed E-state index contributed by atoms with van der Waals surface area (Å²) >= 11 is 3.51. The standard InChI is InChI=1S/C25H17BrN2O/c1-29-19-8-4-17(5-9-19)21-13-15-28-25-23(21)11-10-22-20(12-14-27-24(22)25)16-2-6-18(26)7-3-16/h2-15H,1H3. The molecule has 4 heteroatoms. The zero-order valence-corrected chi connectivity index (χ0v) is 17.3. The van der Waals surface area contributed by atoms with Crippen LogP contribution < -0.4 is 4.74 Å². The fourth-order valence-corrected chi connectivity index (χ4v) is 4.00. The Kier molecular flexibility index (Phi) is 4.49. The maximum atomic E-state index is 5.29. The molecule has 0 radical (unpaired) electrons. The minimum atomic E-state index is 0.846. The molecule has 0 bridgehead atoms.